The van der Waals surface area contributed by atoms with Crippen LogP contribution in [0.2, 0.25) is 0 Å². The number of benzene rings is 2. The van der Waals surface area contributed by atoms with Crippen molar-refractivity contribution in [2.45, 2.75) is 38.3 Å². The first-order valence-electron chi connectivity index (χ1n) is 10.1. The van der Waals surface area contributed by atoms with Crippen molar-refractivity contribution in [1.29, 1.82) is 0 Å². The van der Waals surface area contributed by atoms with Crippen LogP contribution < -0.4 is 19.7 Å². The normalized spacial score (nSPS) is 21.8. The van der Waals surface area contributed by atoms with Gasteiger partial charge in [-0.05, 0) is 41.8 Å². The van der Waals surface area contributed by atoms with Gasteiger partial charge >= 0.3 is 0 Å². The van der Waals surface area contributed by atoms with E-state index in [2.05, 4.69) is 61.3 Å². The summed E-state index contributed by atoms with van der Waals surface area (Å²) in [6, 6.07) is 14.2. The third kappa shape index (κ3) is 2.96. The molecule has 1 fully saturated rings. The number of fused-ring (bicyclic) bond motifs is 3. The van der Waals surface area contributed by atoms with Gasteiger partial charge in [-0.1, -0.05) is 51.1 Å². The number of ether oxygens (including phenoxy) is 2. The van der Waals surface area contributed by atoms with E-state index in [1.165, 1.54) is 5.56 Å². The summed E-state index contributed by atoms with van der Waals surface area (Å²) < 4.78 is 11.3. The average Bonchev–Trinajstić information content (AvgIpc) is 3.16. The average molecular weight is 392 g/mol. The number of carbonyl (C=O) groups is 1. The Bertz CT molecular complexity index is 966. The zero-order valence-electron chi connectivity index (χ0n) is 17.5. The molecular weight excluding hydrogens is 364 g/mol. The van der Waals surface area contributed by atoms with Crippen molar-refractivity contribution in [2.75, 3.05) is 25.2 Å². The SMILES string of the molecule is CCCOc1ccc(C=C[C@]23NC(=O)CN2c2ccccc2C3(C)C)cc1OC. The van der Waals surface area contributed by atoms with Crippen LogP contribution in [0.1, 0.15) is 38.3 Å². The van der Waals surface area contributed by atoms with Gasteiger partial charge in [0, 0.05) is 11.1 Å². The van der Waals surface area contributed by atoms with E-state index >= 15 is 0 Å². The molecule has 1 amide bonds. The maximum atomic E-state index is 12.4. The first-order valence-corrected chi connectivity index (χ1v) is 10.1. The van der Waals surface area contributed by atoms with Gasteiger partial charge in [0.25, 0.3) is 0 Å². The van der Waals surface area contributed by atoms with Crippen molar-refractivity contribution in [3.63, 3.8) is 0 Å². The lowest BCUT2D eigenvalue weighted by atomic mass is 9.75. The highest BCUT2D eigenvalue weighted by molar-refractivity contribution is 5.91. The number of methoxy groups -OCH3 is 1. The Balaban J connectivity index is 1.71. The van der Waals surface area contributed by atoms with E-state index in [0.29, 0.717) is 18.9 Å². The fourth-order valence-corrected chi connectivity index (χ4v) is 4.48. The molecule has 5 nitrogen and oxygen atoms in total. The van der Waals surface area contributed by atoms with Gasteiger partial charge in [-0.15, -0.1) is 0 Å². The Kier molecular flexibility index (Phi) is 4.77. The van der Waals surface area contributed by atoms with Gasteiger partial charge in [-0.25, -0.2) is 0 Å². The summed E-state index contributed by atoms with van der Waals surface area (Å²) in [7, 11) is 1.65. The highest BCUT2D eigenvalue weighted by Crippen LogP contribution is 2.52. The maximum absolute atomic E-state index is 12.4. The van der Waals surface area contributed by atoms with Crippen molar-refractivity contribution in [2.24, 2.45) is 0 Å². The van der Waals surface area contributed by atoms with Crippen LogP contribution in [0.15, 0.2) is 48.5 Å². The van der Waals surface area contributed by atoms with Gasteiger partial charge in [0.15, 0.2) is 11.5 Å². The molecule has 152 valence electrons. The maximum Gasteiger partial charge on any atom is 0.241 e. The van der Waals surface area contributed by atoms with Gasteiger partial charge in [-0.3, -0.25) is 4.79 Å². The molecule has 0 aromatic heterocycles. The predicted molar refractivity (Wildman–Crippen MR) is 116 cm³/mol. The summed E-state index contributed by atoms with van der Waals surface area (Å²) in [5, 5.41) is 3.25. The highest BCUT2D eigenvalue weighted by atomic mass is 16.5. The fraction of sp³-hybridized carbons (Fsp3) is 0.375. The topological polar surface area (TPSA) is 50.8 Å². The molecule has 0 radical (unpaired) electrons. The summed E-state index contributed by atoms with van der Waals surface area (Å²) in [6.45, 7) is 7.46. The summed E-state index contributed by atoms with van der Waals surface area (Å²) >= 11 is 0. The molecule has 4 rings (SSSR count). The van der Waals surface area contributed by atoms with Crippen LogP contribution >= 0.6 is 0 Å². The van der Waals surface area contributed by atoms with Crippen molar-refractivity contribution in [3.05, 3.63) is 59.7 Å². The number of nitrogens with zero attached hydrogens (tertiary/aromatic N) is 1. The quantitative estimate of drug-likeness (QED) is 0.803. The number of nitrogens with one attached hydrogen (secondary N) is 1. The van der Waals surface area contributed by atoms with Crippen LogP contribution in [0, 0.1) is 0 Å². The molecule has 1 atom stereocenters. The van der Waals surface area contributed by atoms with Crippen LogP contribution in [0.25, 0.3) is 6.08 Å². The summed E-state index contributed by atoms with van der Waals surface area (Å²) in [5.74, 6) is 1.49. The lowest BCUT2D eigenvalue weighted by molar-refractivity contribution is -0.118. The van der Waals surface area contributed by atoms with Crippen LogP contribution in [-0.2, 0) is 10.2 Å². The van der Waals surface area contributed by atoms with E-state index in [9.17, 15) is 4.79 Å². The smallest absolute Gasteiger partial charge is 0.241 e. The van der Waals surface area contributed by atoms with Gasteiger partial charge in [0.1, 0.15) is 5.66 Å². The molecule has 0 aliphatic carbocycles. The molecule has 5 heteroatoms. The lowest BCUT2D eigenvalue weighted by Crippen LogP contribution is -2.58. The van der Waals surface area contributed by atoms with E-state index in [4.69, 9.17) is 9.47 Å². The predicted octanol–water partition coefficient (Wildman–Crippen LogP) is 4.12. The third-order valence-electron chi connectivity index (χ3n) is 6.04. The molecule has 0 saturated carbocycles. The van der Waals surface area contributed by atoms with E-state index in [1.807, 2.05) is 24.3 Å². The molecule has 2 aliphatic heterocycles. The fourth-order valence-electron chi connectivity index (χ4n) is 4.48. The lowest BCUT2D eigenvalue weighted by Gasteiger charge is -2.40. The van der Waals surface area contributed by atoms with Gasteiger partial charge in [0.2, 0.25) is 5.91 Å². The second-order valence-electron chi connectivity index (χ2n) is 8.13. The molecule has 0 spiro atoms. The molecule has 1 saturated heterocycles. The minimum atomic E-state index is -0.599. The summed E-state index contributed by atoms with van der Waals surface area (Å²) in [5.41, 5.74) is 2.47. The Morgan fingerprint density at radius 2 is 1.97 bits per heavy atom. The van der Waals surface area contributed by atoms with E-state index in [-0.39, 0.29) is 11.3 Å². The van der Waals surface area contributed by atoms with E-state index in [0.717, 1.165) is 23.4 Å². The Morgan fingerprint density at radius 1 is 1.17 bits per heavy atom. The van der Waals surface area contributed by atoms with E-state index < -0.39 is 5.66 Å². The zero-order valence-corrected chi connectivity index (χ0v) is 17.5. The van der Waals surface area contributed by atoms with Gasteiger partial charge in [0.05, 0.1) is 20.3 Å². The number of anilines is 1. The van der Waals surface area contributed by atoms with Crippen LogP contribution in [0.3, 0.4) is 0 Å². The number of amides is 1. The molecular formula is C24H28N2O3. The van der Waals surface area contributed by atoms with Crippen molar-refractivity contribution < 1.29 is 14.3 Å². The molecule has 29 heavy (non-hydrogen) atoms. The number of para-hydroxylation sites is 1. The molecule has 2 aromatic rings. The third-order valence-corrected chi connectivity index (χ3v) is 6.04. The number of carbonyl (C=O) groups excluding carboxylic acids is 1. The molecule has 0 unspecified atom stereocenters. The Hall–Kier alpha value is -2.95. The molecule has 0 bridgehead atoms. The van der Waals surface area contributed by atoms with Crippen molar-refractivity contribution >= 4 is 17.7 Å². The summed E-state index contributed by atoms with van der Waals surface area (Å²) in [6.07, 6.45) is 5.11. The van der Waals surface area contributed by atoms with Crippen LogP contribution in [0.5, 0.6) is 11.5 Å². The second-order valence-corrected chi connectivity index (χ2v) is 8.13. The summed E-state index contributed by atoms with van der Waals surface area (Å²) in [4.78, 5) is 14.6. The van der Waals surface area contributed by atoms with Crippen molar-refractivity contribution in [1.82, 2.24) is 5.32 Å². The van der Waals surface area contributed by atoms with Gasteiger partial charge < -0.3 is 19.7 Å². The second kappa shape index (κ2) is 7.14. The standard InChI is InChI=1S/C24H28N2O3/c1-5-14-29-20-11-10-17(15-21(20)28-4)12-13-24-23(2,3)18-8-6-7-9-19(18)26(24)16-22(27)25-24/h6-13,15H,5,14,16H2,1-4H3,(H,25,27)/t24-/m0/s1. The zero-order chi connectivity index (χ0) is 20.6. The first-order chi connectivity index (χ1) is 13.9. The number of rotatable bonds is 6. The molecule has 2 heterocycles. The number of hydrogen-bond acceptors (Lipinski definition) is 4. The van der Waals surface area contributed by atoms with Gasteiger partial charge in [-0.2, -0.15) is 0 Å². The Morgan fingerprint density at radius 3 is 2.72 bits per heavy atom. The monoisotopic (exact) mass is 392 g/mol. The minimum absolute atomic E-state index is 0.0399. The van der Waals surface area contributed by atoms with Crippen LogP contribution in [-0.4, -0.2) is 31.8 Å². The minimum Gasteiger partial charge on any atom is -0.493 e. The molecule has 1 N–H and O–H groups in total. The van der Waals surface area contributed by atoms with Crippen molar-refractivity contribution in [3.8, 4) is 11.5 Å². The molecule has 2 aromatic carbocycles. The van der Waals surface area contributed by atoms with E-state index in [1.54, 1.807) is 7.11 Å². The Labute approximate surface area is 172 Å². The number of hydrogen-bond donors (Lipinski definition) is 1. The largest absolute Gasteiger partial charge is 0.493 e. The first kappa shape index (κ1) is 19.4. The molecule has 2 aliphatic rings. The van der Waals surface area contributed by atoms with Crippen LogP contribution in [0.4, 0.5) is 5.69 Å². The highest BCUT2D eigenvalue weighted by Gasteiger charge is 2.59.